The summed E-state index contributed by atoms with van der Waals surface area (Å²) in [5.41, 5.74) is 2.10. The second-order valence-corrected chi connectivity index (χ2v) is 9.60. The third-order valence-corrected chi connectivity index (χ3v) is 6.20. The van der Waals surface area contributed by atoms with E-state index in [9.17, 15) is 9.59 Å². The number of hydrogen-bond acceptors (Lipinski definition) is 6. The molecule has 0 unspecified atom stereocenters. The number of hydrogen-bond donors (Lipinski definition) is 0. The van der Waals surface area contributed by atoms with E-state index in [2.05, 4.69) is 17.1 Å². The number of ether oxygens (including phenoxy) is 2. The Morgan fingerprint density at radius 3 is 2.59 bits per heavy atom. The molecule has 0 aliphatic carbocycles. The van der Waals surface area contributed by atoms with Crippen LogP contribution in [-0.2, 0) is 22.4 Å². The quantitative estimate of drug-likeness (QED) is 0.276. The molecule has 0 atom stereocenters. The third kappa shape index (κ3) is 6.97. The summed E-state index contributed by atoms with van der Waals surface area (Å²) >= 11 is 1.47. The van der Waals surface area contributed by atoms with Crippen molar-refractivity contribution in [2.45, 2.75) is 57.6 Å². The highest BCUT2D eigenvalue weighted by molar-refractivity contribution is 7.99. The molecular formula is C27H32N2O4S. The molecule has 7 heteroatoms. The van der Waals surface area contributed by atoms with E-state index in [-0.39, 0.29) is 18.1 Å². The molecule has 0 saturated carbocycles. The number of rotatable bonds is 11. The summed E-state index contributed by atoms with van der Waals surface area (Å²) < 4.78 is 13.1. The minimum Gasteiger partial charge on any atom is -0.489 e. The average Bonchev–Trinajstić information content (AvgIpc) is 2.84. The van der Waals surface area contributed by atoms with Gasteiger partial charge < -0.3 is 9.47 Å². The fourth-order valence-electron chi connectivity index (χ4n) is 3.40. The van der Waals surface area contributed by atoms with E-state index in [0.717, 1.165) is 29.8 Å². The van der Waals surface area contributed by atoms with Crippen molar-refractivity contribution >= 4 is 17.7 Å². The summed E-state index contributed by atoms with van der Waals surface area (Å²) in [6, 6.07) is 15.9. The summed E-state index contributed by atoms with van der Waals surface area (Å²) in [7, 11) is 0. The molecule has 2 aromatic carbocycles. The van der Waals surface area contributed by atoms with Gasteiger partial charge in [-0.05, 0) is 56.0 Å². The van der Waals surface area contributed by atoms with Crippen LogP contribution in [0.4, 0.5) is 0 Å². The number of esters is 1. The van der Waals surface area contributed by atoms with Gasteiger partial charge in [0.05, 0.1) is 0 Å². The van der Waals surface area contributed by atoms with Gasteiger partial charge in [0.15, 0.2) is 5.03 Å². The minimum atomic E-state index is -0.731. The third-order valence-electron chi connectivity index (χ3n) is 5.24. The van der Waals surface area contributed by atoms with Crippen molar-refractivity contribution in [1.82, 2.24) is 9.55 Å². The first-order valence-electron chi connectivity index (χ1n) is 11.5. The minimum absolute atomic E-state index is 0.135. The van der Waals surface area contributed by atoms with Crippen LogP contribution in [0.5, 0.6) is 5.75 Å². The molecule has 1 heterocycles. The maximum atomic E-state index is 13.1. The molecule has 0 radical (unpaired) electrons. The Kier molecular flexibility index (Phi) is 8.93. The van der Waals surface area contributed by atoms with E-state index in [4.69, 9.17) is 9.47 Å². The van der Waals surface area contributed by atoms with Crippen molar-refractivity contribution in [3.05, 3.63) is 82.4 Å². The van der Waals surface area contributed by atoms with Gasteiger partial charge in [-0.1, -0.05) is 44.2 Å². The number of aryl methyl sites for hydroxylation is 2. The molecule has 3 rings (SSSR count). The predicted molar refractivity (Wildman–Crippen MR) is 136 cm³/mol. The fraction of sp³-hybridized carbons (Fsp3) is 0.370. The predicted octanol–water partition coefficient (Wildman–Crippen LogP) is 5.24. The number of aromatic nitrogens is 2. The largest absolute Gasteiger partial charge is 0.489 e. The SMILES string of the molecule is CCC(=O)OC(C)(C)COc1ccc(-n2ccnc(SCCc3ccccc3)c2=O)cc1CC. The zero-order chi connectivity index (χ0) is 24.6. The summed E-state index contributed by atoms with van der Waals surface area (Å²) in [6.45, 7) is 7.69. The first-order chi connectivity index (χ1) is 16.3. The van der Waals surface area contributed by atoms with Crippen LogP contribution in [0, 0.1) is 0 Å². The van der Waals surface area contributed by atoms with Gasteiger partial charge >= 0.3 is 5.97 Å². The Bertz CT molecular complexity index is 1160. The van der Waals surface area contributed by atoms with Crippen LogP contribution < -0.4 is 10.3 Å². The molecular weight excluding hydrogens is 448 g/mol. The first kappa shape index (κ1) is 25.6. The maximum Gasteiger partial charge on any atom is 0.306 e. The molecule has 0 amide bonds. The second-order valence-electron chi connectivity index (χ2n) is 8.51. The molecule has 0 fully saturated rings. The van der Waals surface area contributed by atoms with E-state index in [1.807, 2.05) is 57.2 Å². The molecule has 1 aromatic heterocycles. The Labute approximate surface area is 205 Å². The number of nitrogens with zero attached hydrogens (tertiary/aromatic N) is 2. The Hall–Kier alpha value is -3.06. The molecule has 180 valence electrons. The van der Waals surface area contributed by atoms with E-state index in [1.165, 1.54) is 17.3 Å². The standard InChI is InChI=1S/C27H32N2O4S/c1-5-21-18-22(12-13-23(21)32-19-27(3,4)33-24(30)6-2)29-16-15-28-25(26(29)31)34-17-14-20-10-8-7-9-11-20/h7-13,15-16,18H,5-6,14,17,19H2,1-4H3. The molecule has 0 aliphatic rings. The highest BCUT2D eigenvalue weighted by atomic mass is 32.2. The van der Waals surface area contributed by atoms with Crippen LogP contribution in [-0.4, -0.2) is 33.5 Å². The zero-order valence-electron chi connectivity index (χ0n) is 20.2. The monoisotopic (exact) mass is 480 g/mol. The normalized spacial score (nSPS) is 11.3. The van der Waals surface area contributed by atoms with Crippen molar-refractivity contribution in [3.8, 4) is 11.4 Å². The molecule has 3 aromatic rings. The highest BCUT2D eigenvalue weighted by Crippen LogP contribution is 2.25. The van der Waals surface area contributed by atoms with Gasteiger partial charge in [0.25, 0.3) is 5.56 Å². The van der Waals surface area contributed by atoms with Gasteiger partial charge in [-0.25, -0.2) is 4.98 Å². The molecule has 0 spiro atoms. The van der Waals surface area contributed by atoms with Gasteiger partial charge in [-0.2, -0.15) is 0 Å². The lowest BCUT2D eigenvalue weighted by Crippen LogP contribution is -2.34. The Morgan fingerprint density at radius 1 is 1.12 bits per heavy atom. The van der Waals surface area contributed by atoms with Crippen LogP contribution >= 0.6 is 11.8 Å². The molecule has 0 bridgehead atoms. The van der Waals surface area contributed by atoms with Gasteiger partial charge in [0.2, 0.25) is 0 Å². The lowest BCUT2D eigenvalue weighted by atomic mass is 10.1. The summed E-state index contributed by atoms with van der Waals surface area (Å²) in [5.74, 6) is 1.24. The fourth-order valence-corrected chi connectivity index (χ4v) is 4.29. The lowest BCUT2D eigenvalue weighted by Gasteiger charge is -2.25. The van der Waals surface area contributed by atoms with Gasteiger partial charge in [0.1, 0.15) is 18.0 Å². The Morgan fingerprint density at radius 2 is 1.88 bits per heavy atom. The number of carbonyl (C=O) groups excluding carboxylic acids is 1. The lowest BCUT2D eigenvalue weighted by molar-refractivity contribution is -0.158. The van der Waals surface area contributed by atoms with Crippen molar-refractivity contribution < 1.29 is 14.3 Å². The van der Waals surface area contributed by atoms with Gasteiger partial charge in [0, 0.05) is 30.3 Å². The smallest absolute Gasteiger partial charge is 0.306 e. The van der Waals surface area contributed by atoms with Crippen LogP contribution in [0.15, 0.2) is 70.7 Å². The number of carbonyl (C=O) groups is 1. The molecule has 0 saturated heterocycles. The second kappa shape index (κ2) is 11.9. The van der Waals surface area contributed by atoms with E-state index in [0.29, 0.717) is 17.2 Å². The number of thioether (sulfide) groups is 1. The summed E-state index contributed by atoms with van der Waals surface area (Å²) in [6.07, 6.45) is 5.28. The maximum absolute atomic E-state index is 13.1. The highest BCUT2D eigenvalue weighted by Gasteiger charge is 2.24. The molecule has 34 heavy (non-hydrogen) atoms. The van der Waals surface area contributed by atoms with Gasteiger partial charge in [-0.15, -0.1) is 11.8 Å². The zero-order valence-corrected chi connectivity index (χ0v) is 21.1. The first-order valence-corrected chi connectivity index (χ1v) is 12.5. The Balaban J connectivity index is 1.72. The van der Waals surface area contributed by atoms with Crippen LogP contribution in [0.2, 0.25) is 0 Å². The number of benzene rings is 2. The van der Waals surface area contributed by atoms with E-state index >= 15 is 0 Å². The summed E-state index contributed by atoms with van der Waals surface area (Å²) in [5, 5.41) is 0.483. The van der Waals surface area contributed by atoms with Crippen molar-refractivity contribution in [1.29, 1.82) is 0 Å². The van der Waals surface area contributed by atoms with Crippen LogP contribution in [0.1, 0.15) is 45.2 Å². The topological polar surface area (TPSA) is 70.4 Å². The molecule has 0 N–H and O–H groups in total. The van der Waals surface area contributed by atoms with Gasteiger partial charge in [-0.3, -0.25) is 14.2 Å². The summed E-state index contributed by atoms with van der Waals surface area (Å²) in [4.78, 5) is 29.0. The van der Waals surface area contributed by atoms with E-state index < -0.39 is 5.60 Å². The molecule has 0 aliphatic heterocycles. The van der Waals surface area contributed by atoms with Crippen molar-refractivity contribution in [2.75, 3.05) is 12.4 Å². The molecule has 6 nitrogen and oxygen atoms in total. The average molecular weight is 481 g/mol. The van der Waals surface area contributed by atoms with Crippen LogP contribution in [0.3, 0.4) is 0 Å². The van der Waals surface area contributed by atoms with Crippen molar-refractivity contribution in [3.63, 3.8) is 0 Å². The van der Waals surface area contributed by atoms with E-state index in [1.54, 1.807) is 23.9 Å². The van der Waals surface area contributed by atoms with Crippen molar-refractivity contribution in [2.24, 2.45) is 0 Å². The van der Waals surface area contributed by atoms with Crippen LogP contribution in [0.25, 0.3) is 5.69 Å².